The van der Waals surface area contributed by atoms with Crippen molar-refractivity contribution in [3.63, 3.8) is 0 Å². The molecule has 0 aliphatic carbocycles. The molecule has 0 aromatic carbocycles. The van der Waals surface area contributed by atoms with Crippen molar-refractivity contribution in [2.45, 2.75) is 45.3 Å². The number of unbranched alkanes of at least 4 members (excludes halogenated alkanes) is 2. The molecule has 0 rings (SSSR count). The molecular weight excluding hydrogens is 188 g/mol. The molecule has 0 radical (unpaired) electrons. The first kappa shape index (κ1) is 12.5. The van der Waals surface area contributed by atoms with E-state index in [1.807, 2.05) is 0 Å². The monoisotopic (exact) mass is 208 g/mol. The standard InChI is InChI=1S/C9H21ClOSi/c1-4-11-12(2,3)9-7-5-6-8-10/h4-9H2,1-3H3. The van der Waals surface area contributed by atoms with E-state index in [-0.39, 0.29) is 0 Å². The molecule has 0 aromatic rings. The Morgan fingerprint density at radius 3 is 2.33 bits per heavy atom. The smallest absolute Gasteiger partial charge is 0.186 e. The van der Waals surface area contributed by atoms with Crippen LogP contribution in [0.4, 0.5) is 0 Å². The molecular formula is C9H21ClOSi. The Morgan fingerprint density at radius 2 is 1.83 bits per heavy atom. The van der Waals surface area contributed by atoms with E-state index in [0.717, 1.165) is 18.9 Å². The van der Waals surface area contributed by atoms with Crippen LogP contribution in [-0.4, -0.2) is 20.8 Å². The van der Waals surface area contributed by atoms with Gasteiger partial charge in [-0.15, -0.1) is 11.6 Å². The van der Waals surface area contributed by atoms with E-state index in [9.17, 15) is 0 Å². The fourth-order valence-electron chi connectivity index (χ4n) is 1.28. The maximum absolute atomic E-state index is 5.72. The first-order valence-electron chi connectivity index (χ1n) is 4.82. The Labute approximate surface area is 82.6 Å². The lowest BCUT2D eigenvalue weighted by atomic mass is 10.3. The van der Waals surface area contributed by atoms with E-state index < -0.39 is 8.32 Å². The largest absolute Gasteiger partial charge is 0.418 e. The molecule has 74 valence electrons. The molecule has 1 nitrogen and oxygen atoms in total. The molecule has 0 aliphatic heterocycles. The number of halogens is 1. The number of hydrogen-bond donors (Lipinski definition) is 0. The normalized spacial score (nSPS) is 12.0. The van der Waals surface area contributed by atoms with E-state index in [1.165, 1.54) is 18.9 Å². The van der Waals surface area contributed by atoms with Gasteiger partial charge >= 0.3 is 0 Å². The zero-order chi connectivity index (χ0) is 9.45. The van der Waals surface area contributed by atoms with Gasteiger partial charge in [0.15, 0.2) is 8.32 Å². The van der Waals surface area contributed by atoms with Gasteiger partial charge in [-0.2, -0.15) is 0 Å². The van der Waals surface area contributed by atoms with Crippen molar-refractivity contribution in [1.29, 1.82) is 0 Å². The van der Waals surface area contributed by atoms with Gasteiger partial charge in [0.25, 0.3) is 0 Å². The summed E-state index contributed by atoms with van der Waals surface area (Å²) in [5, 5.41) is 0. The quantitative estimate of drug-likeness (QED) is 0.353. The van der Waals surface area contributed by atoms with Crippen LogP contribution in [-0.2, 0) is 4.43 Å². The van der Waals surface area contributed by atoms with E-state index >= 15 is 0 Å². The van der Waals surface area contributed by atoms with E-state index in [4.69, 9.17) is 16.0 Å². The van der Waals surface area contributed by atoms with Gasteiger partial charge in [0.1, 0.15) is 0 Å². The highest BCUT2D eigenvalue weighted by molar-refractivity contribution is 6.71. The summed E-state index contributed by atoms with van der Waals surface area (Å²) in [6.07, 6.45) is 3.69. The summed E-state index contributed by atoms with van der Waals surface area (Å²) in [7, 11) is -1.30. The molecule has 0 aliphatic rings. The van der Waals surface area contributed by atoms with Crippen molar-refractivity contribution in [2.24, 2.45) is 0 Å². The number of hydrogen-bond acceptors (Lipinski definition) is 1. The molecule has 0 aromatic heterocycles. The summed E-state index contributed by atoms with van der Waals surface area (Å²) in [5.74, 6) is 0.802. The second kappa shape index (κ2) is 6.93. The van der Waals surface area contributed by atoms with Crippen molar-refractivity contribution in [2.75, 3.05) is 12.5 Å². The van der Waals surface area contributed by atoms with Crippen LogP contribution in [0.15, 0.2) is 0 Å². The van der Waals surface area contributed by atoms with E-state index in [1.54, 1.807) is 0 Å². The molecule has 0 bridgehead atoms. The predicted octanol–water partition coefficient (Wildman–Crippen LogP) is 3.64. The maximum atomic E-state index is 5.72. The van der Waals surface area contributed by atoms with Crippen molar-refractivity contribution in [3.8, 4) is 0 Å². The van der Waals surface area contributed by atoms with Gasteiger partial charge in [0.05, 0.1) is 0 Å². The van der Waals surface area contributed by atoms with Crippen LogP contribution in [0.25, 0.3) is 0 Å². The summed E-state index contributed by atoms with van der Waals surface area (Å²) in [6, 6.07) is 1.28. The lowest BCUT2D eigenvalue weighted by molar-refractivity contribution is 0.327. The lowest BCUT2D eigenvalue weighted by Crippen LogP contribution is -2.29. The Morgan fingerprint density at radius 1 is 1.17 bits per heavy atom. The average Bonchev–Trinajstić information content (AvgIpc) is 1.98. The van der Waals surface area contributed by atoms with Gasteiger partial charge in [-0.1, -0.05) is 12.8 Å². The topological polar surface area (TPSA) is 9.23 Å². The molecule has 0 spiro atoms. The van der Waals surface area contributed by atoms with E-state index in [0.29, 0.717) is 0 Å². The average molecular weight is 209 g/mol. The molecule has 3 heteroatoms. The van der Waals surface area contributed by atoms with Gasteiger partial charge in [0, 0.05) is 12.5 Å². The van der Waals surface area contributed by atoms with Crippen molar-refractivity contribution >= 4 is 19.9 Å². The van der Waals surface area contributed by atoms with Crippen LogP contribution in [0, 0.1) is 0 Å². The minimum absolute atomic E-state index is 0.802. The number of alkyl halides is 1. The van der Waals surface area contributed by atoms with Gasteiger partial charge in [-0.05, 0) is 32.5 Å². The zero-order valence-corrected chi connectivity index (χ0v) is 10.3. The summed E-state index contributed by atoms with van der Waals surface area (Å²) in [4.78, 5) is 0. The molecule has 0 fully saturated rings. The summed E-state index contributed by atoms with van der Waals surface area (Å²) >= 11 is 5.59. The third kappa shape index (κ3) is 7.13. The van der Waals surface area contributed by atoms with Crippen LogP contribution >= 0.6 is 11.6 Å². The molecule has 0 amide bonds. The maximum Gasteiger partial charge on any atom is 0.186 e. The molecule has 0 atom stereocenters. The molecule has 0 saturated carbocycles. The van der Waals surface area contributed by atoms with Gasteiger partial charge in [-0.3, -0.25) is 0 Å². The zero-order valence-electron chi connectivity index (χ0n) is 8.53. The Kier molecular flexibility index (Phi) is 7.20. The van der Waals surface area contributed by atoms with Gasteiger partial charge < -0.3 is 4.43 Å². The van der Waals surface area contributed by atoms with Crippen LogP contribution in [0.5, 0.6) is 0 Å². The summed E-state index contributed by atoms with van der Waals surface area (Å²) in [6.45, 7) is 7.52. The first-order valence-corrected chi connectivity index (χ1v) is 8.47. The highest BCUT2D eigenvalue weighted by Gasteiger charge is 2.20. The minimum atomic E-state index is -1.30. The Bertz CT molecular complexity index is 107. The van der Waals surface area contributed by atoms with Gasteiger partial charge in [-0.25, -0.2) is 0 Å². The first-order chi connectivity index (χ1) is 5.62. The lowest BCUT2D eigenvalue weighted by Gasteiger charge is -2.21. The summed E-state index contributed by atoms with van der Waals surface area (Å²) in [5.41, 5.74) is 0. The van der Waals surface area contributed by atoms with Crippen molar-refractivity contribution in [3.05, 3.63) is 0 Å². The van der Waals surface area contributed by atoms with Crippen LogP contribution in [0.2, 0.25) is 19.1 Å². The fourth-order valence-corrected chi connectivity index (χ4v) is 3.50. The van der Waals surface area contributed by atoms with Crippen LogP contribution < -0.4 is 0 Å². The molecule has 12 heavy (non-hydrogen) atoms. The van der Waals surface area contributed by atoms with Gasteiger partial charge in [0.2, 0.25) is 0 Å². The Balaban J connectivity index is 3.33. The van der Waals surface area contributed by atoms with Crippen LogP contribution in [0.3, 0.4) is 0 Å². The summed E-state index contributed by atoms with van der Waals surface area (Å²) < 4.78 is 5.72. The van der Waals surface area contributed by atoms with Crippen molar-refractivity contribution in [1.82, 2.24) is 0 Å². The Hall–Kier alpha value is 0.467. The number of rotatable bonds is 7. The predicted molar refractivity (Wildman–Crippen MR) is 58.5 cm³/mol. The highest BCUT2D eigenvalue weighted by atomic mass is 35.5. The molecule has 0 saturated heterocycles. The SMILES string of the molecule is CCO[Si](C)(C)CCCCCCl. The highest BCUT2D eigenvalue weighted by Crippen LogP contribution is 2.15. The van der Waals surface area contributed by atoms with Crippen molar-refractivity contribution < 1.29 is 4.43 Å². The molecule has 0 heterocycles. The van der Waals surface area contributed by atoms with E-state index in [2.05, 4.69) is 20.0 Å². The second-order valence-corrected chi connectivity index (χ2v) is 8.38. The molecule has 0 N–H and O–H groups in total. The minimum Gasteiger partial charge on any atom is -0.418 e. The van der Waals surface area contributed by atoms with Crippen LogP contribution in [0.1, 0.15) is 26.2 Å². The third-order valence-electron chi connectivity index (χ3n) is 1.95. The fraction of sp³-hybridized carbons (Fsp3) is 1.00. The second-order valence-electron chi connectivity index (χ2n) is 3.69. The third-order valence-corrected chi connectivity index (χ3v) is 4.84. The molecule has 0 unspecified atom stereocenters.